The van der Waals surface area contributed by atoms with Crippen LogP contribution in [0.25, 0.3) is 11.0 Å². The molecule has 3 fully saturated rings. The summed E-state index contributed by atoms with van der Waals surface area (Å²) in [4.78, 5) is 57.2. The number of nitrogens with zero attached hydrogens (tertiary/aromatic N) is 4. The fourth-order valence-electron chi connectivity index (χ4n) is 5.40. The van der Waals surface area contributed by atoms with Gasteiger partial charge >= 0.3 is 12.1 Å². The molecule has 4 aliphatic rings. The molecule has 7 rings (SSSR count). The summed E-state index contributed by atoms with van der Waals surface area (Å²) in [7, 11) is 0. The second-order valence-corrected chi connectivity index (χ2v) is 11.6. The van der Waals surface area contributed by atoms with Crippen molar-refractivity contribution in [3.63, 3.8) is 0 Å². The predicted octanol–water partition coefficient (Wildman–Crippen LogP) is 2.42. The number of anilines is 3. The van der Waals surface area contributed by atoms with Gasteiger partial charge in [0, 0.05) is 48.5 Å². The summed E-state index contributed by atoms with van der Waals surface area (Å²) in [5, 5.41) is 15.6. The number of fused-ring (bicyclic) bond motifs is 2. The minimum Gasteiger partial charge on any atom is -0.477 e. The van der Waals surface area contributed by atoms with Crippen molar-refractivity contribution in [3.05, 3.63) is 52.1 Å². The number of carboxylic acids is 1. The lowest BCUT2D eigenvalue weighted by molar-refractivity contribution is -0.113. The van der Waals surface area contributed by atoms with Crippen LogP contribution in [0.2, 0.25) is 0 Å². The summed E-state index contributed by atoms with van der Waals surface area (Å²) < 4.78 is 22.3. The Bertz CT molecular complexity index is 1690. The van der Waals surface area contributed by atoms with E-state index in [1.54, 1.807) is 15.5 Å². The Kier molecular flexibility index (Phi) is 6.12. The van der Waals surface area contributed by atoms with E-state index in [1.165, 1.54) is 22.9 Å². The summed E-state index contributed by atoms with van der Waals surface area (Å²) >= 11 is 1.45. The van der Waals surface area contributed by atoms with Gasteiger partial charge in [0.25, 0.3) is 0 Å². The van der Waals surface area contributed by atoms with Gasteiger partial charge in [-0.25, -0.2) is 19.0 Å². The highest BCUT2D eigenvalue weighted by molar-refractivity contribution is 8.00. The summed E-state index contributed by atoms with van der Waals surface area (Å²) in [6.45, 7) is 1.68. The first-order valence-corrected chi connectivity index (χ1v) is 14.3. The molecular weight excluding hydrogens is 555 g/mol. The third-order valence-corrected chi connectivity index (χ3v) is 8.78. The number of nitrogens with one attached hydrogen (secondary N) is 2. The molecule has 212 valence electrons. The molecule has 1 atom stereocenters. The van der Waals surface area contributed by atoms with E-state index < -0.39 is 28.9 Å². The largest absolute Gasteiger partial charge is 0.477 e. The summed E-state index contributed by atoms with van der Waals surface area (Å²) in [5.74, 6) is -1.63. The lowest BCUT2D eigenvalue weighted by Gasteiger charge is -2.41. The van der Waals surface area contributed by atoms with Crippen LogP contribution in [0.3, 0.4) is 0 Å². The van der Waals surface area contributed by atoms with Gasteiger partial charge in [0.05, 0.1) is 23.4 Å². The Labute approximate surface area is 236 Å². The van der Waals surface area contributed by atoms with Gasteiger partial charge in [0.15, 0.2) is 11.6 Å². The molecular formula is C27H25FN6O6S. The minimum absolute atomic E-state index is 0.00985. The minimum atomic E-state index is -1.35. The van der Waals surface area contributed by atoms with Crippen molar-refractivity contribution in [2.24, 2.45) is 0 Å². The molecule has 3 N–H and O–H groups in total. The molecule has 12 nitrogen and oxygen atoms in total. The van der Waals surface area contributed by atoms with E-state index in [0.29, 0.717) is 43.3 Å². The highest BCUT2D eigenvalue weighted by Gasteiger charge is 2.36. The van der Waals surface area contributed by atoms with Crippen LogP contribution in [0.5, 0.6) is 0 Å². The second kappa shape index (κ2) is 9.73. The van der Waals surface area contributed by atoms with Crippen LogP contribution in [-0.2, 0) is 9.53 Å². The number of hydrogen-bond donors (Lipinski definition) is 3. The number of aromatic nitrogens is 2. The fraction of sp³-hybridized carbons (Fsp3) is 0.370. The zero-order valence-electron chi connectivity index (χ0n) is 21.6. The Hall–Kier alpha value is -4.17. The number of amides is 2. The molecule has 5 heterocycles. The Morgan fingerprint density at radius 2 is 2.00 bits per heavy atom. The van der Waals surface area contributed by atoms with Gasteiger partial charge in [-0.05, 0) is 37.1 Å². The maximum atomic E-state index is 15.1. The number of cyclic esters (lactones) is 1. The number of carbonyl (C=O) groups excluding carboxylic acids is 2. The van der Waals surface area contributed by atoms with Gasteiger partial charge in [-0.15, -0.1) is 11.8 Å². The van der Waals surface area contributed by atoms with Crippen LogP contribution in [0.1, 0.15) is 29.2 Å². The van der Waals surface area contributed by atoms with Crippen LogP contribution < -0.4 is 25.9 Å². The molecule has 1 aromatic carbocycles. The predicted molar refractivity (Wildman–Crippen MR) is 149 cm³/mol. The van der Waals surface area contributed by atoms with Gasteiger partial charge in [0.1, 0.15) is 17.3 Å². The molecule has 14 heteroatoms. The van der Waals surface area contributed by atoms with Crippen molar-refractivity contribution in [3.8, 4) is 0 Å². The third kappa shape index (κ3) is 4.66. The number of rotatable bonds is 7. The van der Waals surface area contributed by atoms with Crippen molar-refractivity contribution in [1.29, 1.82) is 0 Å². The lowest BCUT2D eigenvalue weighted by Crippen LogP contribution is -2.59. The van der Waals surface area contributed by atoms with Crippen molar-refractivity contribution in [2.75, 3.05) is 47.0 Å². The Balaban J connectivity index is 0.997. The van der Waals surface area contributed by atoms with Crippen molar-refractivity contribution >= 4 is 58.0 Å². The number of halogens is 1. The number of ether oxygens (including phenoxy) is 1. The first kappa shape index (κ1) is 25.8. The van der Waals surface area contributed by atoms with Crippen molar-refractivity contribution < 1.29 is 28.6 Å². The fourth-order valence-corrected chi connectivity index (χ4v) is 6.19. The Morgan fingerprint density at radius 1 is 1.20 bits per heavy atom. The smallest absolute Gasteiger partial charge is 0.414 e. The maximum absolute atomic E-state index is 15.1. The van der Waals surface area contributed by atoms with Crippen LogP contribution in [-0.4, -0.2) is 76.7 Å². The number of carboxylic acid groups (broad SMARTS) is 1. The molecule has 2 aromatic heterocycles. The quantitative estimate of drug-likeness (QED) is 0.381. The Morgan fingerprint density at radius 3 is 2.76 bits per heavy atom. The van der Waals surface area contributed by atoms with E-state index in [-0.39, 0.29) is 40.9 Å². The average Bonchev–Trinajstić information content (AvgIpc) is 3.69. The van der Waals surface area contributed by atoms with Gasteiger partial charge in [-0.2, -0.15) is 0 Å². The molecule has 2 saturated heterocycles. The van der Waals surface area contributed by atoms with E-state index >= 15 is 4.39 Å². The third-order valence-electron chi connectivity index (χ3n) is 7.71. The van der Waals surface area contributed by atoms with Gasteiger partial charge in [0.2, 0.25) is 11.3 Å². The molecule has 0 spiro atoms. The van der Waals surface area contributed by atoms with E-state index in [9.17, 15) is 24.3 Å². The molecule has 2 amide bonds. The number of aromatic carboxylic acids is 1. The standard InChI is InChI=1S/C27H25FN6O6S/c28-19-6-17-23(36)18(26(37)38)11-33(14-1-2-14)24(17)31-25(19)32-8-13(9-32)29-7-16-10-34(27(39)40-16)15-3-4-21-20(5-15)30-22(35)12-41-21/h3-6,11,13-14,16,29H,1-2,7-10,12H2,(H,30,35)(H,37,38)/t16-/m1/s1. The van der Waals surface area contributed by atoms with E-state index in [2.05, 4.69) is 15.6 Å². The van der Waals surface area contributed by atoms with Crippen LogP contribution in [0, 0.1) is 5.82 Å². The van der Waals surface area contributed by atoms with Crippen LogP contribution in [0.4, 0.5) is 26.4 Å². The zero-order valence-corrected chi connectivity index (χ0v) is 22.4. The monoisotopic (exact) mass is 580 g/mol. The van der Waals surface area contributed by atoms with Crippen LogP contribution in [0.15, 0.2) is 40.2 Å². The second-order valence-electron chi connectivity index (χ2n) is 10.6. The SMILES string of the molecule is O=C1CSc2ccc(N3C[C@@H](CNC4CN(c5nc6c(cc5F)c(=O)c(C(=O)O)cn6C5CC5)C4)OC3=O)cc2N1. The summed E-state index contributed by atoms with van der Waals surface area (Å²) in [5.41, 5.74) is 0.471. The van der Waals surface area contributed by atoms with Gasteiger partial charge in [-0.3, -0.25) is 14.5 Å². The normalized spacial score (nSPS) is 20.6. The van der Waals surface area contributed by atoms with E-state index in [0.717, 1.165) is 23.8 Å². The summed E-state index contributed by atoms with van der Waals surface area (Å²) in [6.07, 6.45) is 2.14. The number of carbonyl (C=O) groups is 3. The highest BCUT2D eigenvalue weighted by Crippen LogP contribution is 2.38. The molecule has 1 saturated carbocycles. The number of hydrogen-bond acceptors (Lipinski definition) is 9. The maximum Gasteiger partial charge on any atom is 0.414 e. The van der Waals surface area contributed by atoms with Crippen molar-refractivity contribution in [2.45, 2.75) is 35.9 Å². The topological polar surface area (TPSA) is 146 Å². The molecule has 41 heavy (non-hydrogen) atoms. The van der Waals surface area contributed by atoms with E-state index in [4.69, 9.17) is 4.74 Å². The van der Waals surface area contributed by atoms with E-state index in [1.807, 2.05) is 12.1 Å². The van der Waals surface area contributed by atoms with Crippen molar-refractivity contribution in [1.82, 2.24) is 14.9 Å². The molecule has 0 bridgehead atoms. The number of pyridine rings is 2. The molecule has 3 aliphatic heterocycles. The highest BCUT2D eigenvalue weighted by atomic mass is 32.2. The summed E-state index contributed by atoms with van der Waals surface area (Å²) in [6, 6.07) is 6.63. The molecule has 0 radical (unpaired) electrons. The number of benzene rings is 1. The first-order valence-electron chi connectivity index (χ1n) is 13.3. The van der Waals surface area contributed by atoms with Gasteiger partial charge in [-0.1, -0.05) is 0 Å². The zero-order chi connectivity index (χ0) is 28.4. The first-order chi connectivity index (χ1) is 19.7. The molecule has 3 aromatic rings. The van der Waals surface area contributed by atoms with Gasteiger partial charge < -0.3 is 29.9 Å². The number of thioether (sulfide) groups is 1. The van der Waals surface area contributed by atoms with Crippen LogP contribution >= 0.6 is 11.8 Å². The molecule has 1 aliphatic carbocycles. The average molecular weight is 581 g/mol. The lowest BCUT2D eigenvalue weighted by atomic mass is 10.1. The molecule has 0 unspecified atom stereocenters.